The number of aromatic nitrogens is 1. The van der Waals surface area contributed by atoms with Crippen molar-refractivity contribution in [3.05, 3.63) is 94.6 Å². The number of hydrogen-bond acceptors (Lipinski definition) is 5. The van der Waals surface area contributed by atoms with Crippen molar-refractivity contribution in [3.63, 3.8) is 0 Å². The molecule has 3 atom stereocenters. The first-order valence-corrected chi connectivity index (χ1v) is 15.3. The fourth-order valence-corrected chi connectivity index (χ4v) is 6.45. The Morgan fingerprint density at radius 1 is 1.05 bits per heavy atom. The summed E-state index contributed by atoms with van der Waals surface area (Å²) in [4.78, 5) is 17.5. The van der Waals surface area contributed by atoms with Gasteiger partial charge in [0, 0.05) is 36.5 Å². The third-order valence-corrected chi connectivity index (χ3v) is 8.54. The molecule has 0 aliphatic rings. The fraction of sp³-hybridized carbons (Fsp3) is 0.400. The van der Waals surface area contributed by atoms with Crippen LogP contribution in [0.25, 0.3) is 0 Å². The van der Waals surface area contributed by atoms with Crippen LogP contribution in [0.5, 0.6) is 0 Å². The number of carbonyl (C=O) groups is 1. The Kier molecular flexibility index (Phi) is 11.1. The van der Waals surface area contributed by atoms with E-state index in [1.54, 1.807) is 32.0 Å². The third-order valence-electron chi connectivity index (χ3n) is 7.21. The first kappa shape index (κ1) is 32.2. The van der Waals surface area contributed by atoms with Crippen LogP contribution >= 0.6 is 0 Å². The van der Waals surface area contributed by atoms with Gasteiger partial charge in [-0.05, 0) is 67.1 Å². The Hall–Kier alpha value is -3.28. The molecule has 0 fully saturated rings. The lowest BCUT2D eigenvalue weighted by molar-refractivity contribution is -0.119. The Labute approximate surface area is 240 Å². The van der Waals surface area contributed by atoms with Gasteiger partial charge in [0.25, 0.3) is 0 Å². The van der Waals surface area contributed by atoms with Crippen molar-refractivity contribution in [3.8, 4) is 0 Å². The summed E-state index contributed by atoms with van der Waals surface area (Å²) in [7, 11) is -3.54. The van der Waals surface area contributed by atoms with E-state index in [1.807, 2.05) is 6.92 Å². The molecule has 3 aromatic rings. The lowest BCUT2D eigenvalue weighted by Gasteiger charge is -2.29. The van der Waals surface area contributed by atoms with Gasteiger partial charge in [0.05, 0.1) is 24.3 Å². The van der Waals surface area contributed by atoms with Crippen LogP contribution in [0.3, 0.4) is 0 Å². The Balaban J connectivity index is 1.90. The number of sulfonamides is 1. The molecule has 0 radical (unpaired) electrons. The van der Waals surface area contributed by atoms with Gasteiger partial charge in [0.15, 0.2) is 0 Å². The highest BCUT2D eigenvalue weighted by atomic mass is 32.2. The number of nitrogens with zero attached hydrogens (tertiary/aromatic N) is 2. The molecule has 7 nitrogen and oxygen atoms in total. The first-order chi connectivity index (χ1) is 19.3. The van der Waals surface area contributed by atoms with Crippen LogP contribution in [0.2, 0.25) is 0 Å². The number of nitrogens with two attached hydrogens (primary N) is 1. The molecule has 0 spiro atoms. The van der Waals surface area contributed by atoms with E-state index < -0.39 is 51.3 Å². The average molecular weight is 591 g/mol. The van der Waals surface area contributed by atoms with Crippen molar-refractivity contribution in [2.24, 2.45) is 11.7 Å². The molecule has 0 saturated carbocycles. The standard InChI is InChI=1S/C30H37F3N4O3S/c1-5-25(37(13-12-34)41(4,39)40)10-11-26-27(33)17-35-18-28(26)36-30(38)20(3)29(21-6-8-23(31)9-7-21)22-14-19(2)15-24(32)16-22/h6-9,14-18,20,25,29H,5,10-13,34H2,1-4H3,(H,36,38)/t20-,25-,29-/m0/s1. The molecule has 1 heterocycles. The summed E-state index contributed by atoms with van der Waals surface area (Å²) >= 11 is 0. The van der Waals surface area contributed by atoms with Gasteiger partial charge < -0.3 is 11.1 Å². The molecule has 11 heteroatoms. The zero-order valence-corrected chi connectivity index (χ0v) is 24.5. The minimum Gasteiger partial charge on any atom is -0.329 e. The lowest BCUT2D eigenvalue weighted by Crippen LogP contribution is -2.42. The Bertz CT molecular complexity index is 1430. The molecule has 2 aromatic carbocycles. The van der Waals surface area contributed by atoms with Gasteiger partial charge in [-0.15, -0.1) is 0 Å². The maximum absolute atomic E-state index is 15.0. The molecule has 0 saturated heterocycles. The van der Waals surface area contributed by atoms with Crippen LogP contribution in [0, 0.1) is 30.3 Å². The maximum Gasteiger partial charge on any atom is 0.228 e. The highest BCUT2D eigenvalue weighted by molar-refractivity contribution is 7.88. The van der Waals surface area contributed by atoms with Crippen molar-refractivity contribution in [2.45, 2.75) is 52.0 Å². The lowest BCUT2D eigenvalue weighted by atomic mass is 9.80. The molecule has 1 amide bonds. The zero-order chi connectivity index (χ0) is 30.3. The number of anilines is 1. The Morgan fingerprint density at radius 3 is 2.32 bits per heavy atom. The number of carbonyl (C=O) groups excluding carboxylic acids is 1. The molecule has 222 valence electrons. The molecule has 0 unspecified atom stereocenters. The molecule has 0 aliphatic heterocycles. The monoisotopic (exact) mass is 590 g/mol. The quantitative estimate of drug-likeness (QED) is 0.287. The van der Waals surface area contributed by atoms with E-state index in [4.69, 9.17) is 5.73 Å². The zero-order valence-electron chi connectivity index (χ0n) is 23.7. The summed E-state index contributed by atoms with van der Waals surface area (Å²) in [5, 5.41) is 2.78. The van der Waals surface area contributed by atoms with Gasteiger partial charge in [0.2, 0.25) is 15.9 Å². The van der Waals surface area contributed by atoms with Crippen LogP contribution in [0.15, 0.2) is 54.9 Å². The minimum atomic E-state index is -3.54. The molecular formula is C30H37F3N4O3S. The number of halogens is 3. The number of amides is 1. The molecule has 3 rings (SSSR count). The fourth-order valence-electron chi connectivity index (χ4n) is 5.21. The molecule has 41 heavy (non-hydrogen) atoms. The van der Waals surface area contributed by atoms with Crippen LogP contribution in [-0.4, -0.2) is 49.0 Å². The van der Waals surface area contributed by atoms with Crippen LogP contribution in [0.4, 0.5) is 18.9 Å². The maximum atomic E-state index is 15.0. The summed E-state index contributed by atoms with van der Waals surface area (Å²) in [6.07, 6.45) is 4.42. The number of aryl methyl sites for hydroxylation is 1. The van der Waals surface area contributed by atoms with Gasteiger partial charge in [0.1, 0.15) is 17.5 Å². The predicted molar refractivity (Wildman–Crippen MR) is 154 cm³/mol. The molecule has 0 bridgehead atoms. The summed E-state index contributed by atoms with van der Waals surface area (Å²) in [5.74, 6) is -3.40. The molecule has 0 aliphatic carbocycles. The first-order valence-electron chi connectivity index (χ1n) is 13.5. The van der Waals surface area contributed by atoms with Gasteiger partial charge in [-0.1, -0.05) is 32.0 Å². The van der Waals surface area contributed by atoms with E-state index in [0.29, 0.717) is 29.5 Å². The van der Waals surface area contributed by atoms with Crippen molar-refractivity contribution in [1.29, 1.82) is 0 Å². The van der Waals surface area contributed by atoms with Crippen molar-refractivity contribution >= 4 is 21.6 Å². The van der Waals surface area contributed by atoms with Crippen LogP contribution in [-0.2, 0) is 21.2 Å². The van der Waals surface area contributed by atoms with Crippen LogP contribution < -0.4 is 11.1 Å². The third kappa shape index (κ3) is 8.37. The largest absolute Gasteiger partial charge is 0.329 e. The second-order valence-electron chi connectivity index (χ2n) is 10.3. The van der Waals surface area contributed by atoms with Gasteiger partial charge in [-0.2, -0.15) is 4.31 Å². The smallest absolute Gasteiger partial charge is 0.228 e. The second kappa shape index (κ2) is 14.1. The minimum absolute atomic E-state index is 0.137. The molecular weight excluding hydrogens is 553 g/mol. The normalized spacial score (nSPS) is 14.1. The predicted octanol–water partition coefficient (Wildman–Crippen LogP) is 5.15. The van der Waals surface area contributed by atoms with E-state index in [9.17, 15) is 22.0 Å². The number of hydrogen-bond donors (Lipinski definition) is 2. The van der Waals surface area contributed by atoms with E-state index in [2.05, 4.69) is 10.3 Å². The summed E-state index contributed by atoms with van der Waals surface area (Å²) in [5.41, 5.74) is 7.81. The van der Waals surface area contributed by atoms with E-state index in [-0.39, 0.29) is 30.8 Å². The van der Waals surface area contributed by atoms with Crippen molar-refractivity contribution in [1.82, 2.24) is 9.29 Å². The van der Waals surface area contributed by atoms with E-state index in [0.717, 1.165) is 12.5 Å². The summed E-state index contributed by atoms with van der Waals surface area (Å²) < 4.78 is 69.1. The van der Waals surface area contributed by atoms with Gasteiger partial charge in [-0.25, -0.2) is 21.6 Å². The number of benzene rings is 2. The highest BCUT2D eigenvalue weighted by Gasteiger charge is 2.30. The summed E-state index contributed by atoms with van der Waals surface area (Å²) in [6, 6.07) is 9.75. The van der Waals surface area contributed by atoms with E-state index in [1.165, 1.54) is 34.8 Å². The average Bonchev–Trinajstić information content (AvgIpc) is 2.89. The summed E-state index contributed by atoms with van der Waals surface area (Å²) in [6.45, 7) is 5.54. The van der Waals surface area contributed by atoms with Crippen LogP contribution in [0.1, 0.15) is 54.9 Å². The van der Waals surface area contributed by atoms with Crippen molar-refractivity contribution in [2.75, 3.05) is 24.7 Å². The second-order valence-corrected chi connectivity index (χ2v) is 12.2. The van der Waals surface area contributed by atoms with Gasteiger partial charge >= 0.3 is 0 Å². The molecule has 3 N–H and O–H groups in total. The topological polar surface area (TPSA) is 105 Å². The van der Waals surface area contributed by atoms with Gasteiger partial charge in [-0.3, -0.25) is 9.78 Å². The van der Waals surface area contributed by atoms with Crippen molar-refractivity contribution < 1.29 is 26.4 Å². The highest BCUT2D eigenvalue weighted by Crippen LogP contribution is 2.34. The SMILES string of the molecule is CC[C@@H](CCc1c(F)cncc1NC(=O)[C@@H](C)[C@@H](c1ccc(F)cc1)c1cc(C)cc(F)c1)N(CCN)S(C)(=O)=O. The Morgan fingerprint density at radius 2 is 1.73 bits per heavy atom. The number of pyridine rings is 1. The molecule has 1 aromatic heterocycles. The number of rotatable bonds is 13. The van der Waals surface area contributed by atoms with E-state index >= 15 is 4.39 Å². The number of nitrogens with one attached hydrogen (secondary N) is 1.